The molecule has 84 valence electrons. The van der Waals surface area contributed by atoms with Crippen LogP contribution in [0.1, 0.15) is 0 Å². The quantitative estimate of drug-likeness (QED) is 0.722. The van der Waals surface area contributed by atoms with Gasteiger partial charge in [-0.15, -0.1) is 0 Å². The van der Waals surface area contributed by atoms with Crippen LogP contribution in [0.4, 0.5) is 16.8 Å². The van der Waals surface area contributed by atoms with Gasteiger partial charge in [0.1, 0.15) is 5.82 Å². The van der Waals surface area contributed by atoms with E-state index in [1.807, 2.05) is 24.3 Å². The molecule has 0 bridgehead atoms. The van der Waals surface area contributed by atoms with E-state index in [0.29, 0.717) is 11.6 Å². The van der Waals surface area contributed by atoms with Gasteiger partial charge in [-0.05, 0) is 12.1 Å². The molecule has 0 amide bonds. The highest BCUT2D eigenvalue weighted by molar-refractivity contribution is 7.22. The van der Waals surface area contributed by atoms with Crippen LogP contribution in [0, 0.1) is 0 Å². The van der Waals surface area contributed by atoms with E-state index in [1.165, 1.54) is 6.20 Å². The molecule has 6 heteroatoms. The van der Waals surface area contributed by atoms with Crippen molar-refractivity contribution in [3.05, 3.63) is 36.7 Å². The van der Waals surface area contributed by atoms with E-state index in [0.717, 1.165) is 15.3 Å². The average molecular weight is 243 g/mol. The minimum absolute atomic E-state index is 0.403. The maximum Gasteiger partial charge on any atom is 0.189 e. The van der Waals surface area contributed by atoms with E-state index < -0.39 is 0 Å². The van der Waals surface area contributed by atoms with E-state index in [-0.39, 0.29) is 0 Å². The first-order valence-electron chi connectivity index (χ1n) is 5.01. The summed E-state index contributed by atoms with van der Waals surface area (Å²) in [5, 5.41) is 3.90. The monoisotopic (exact) mass is 243 g/mol. The number of rotatable bonds is 2. The zero-order chi connectivity index (χ0) is 11.7. The Labute approximate surface area is 101 Å². The van der Waals surface area contributed by atoms with Gasteiger partial charge in [0.25, 0.3) is 0 Å². The smallest absolute Gasteiger partial charge is 0.189 e. The minimum atomic E-state index is 0.403. The lowest BCUT2D eigenvalue weighted by Crippen LogP contribution is -1.96. The number of anilines is 3. The molecule has 3 N–H and O–H groups in total. The van der Waals surface area contributed by atoms with Crippen LogP contribution >= 0.6 is 11.3 Å². The van der Waals surface area contributed by atoms with Crippen LogP contribution in [0.15, 0.2) is 36.7 Å². The standard InChI is InChI=1S/C11H9N5S/c12-9-5-14-10(6-13-9)16-11-15-7-3-1-2-4-8(7)17-11/h1-6H,(H2,12,13)(H,14,15,16). The number of hydrogen-bond acceptors (Lipinski definition) is 6. The highest BCUT2D eigenvalue weighted by Gasteiger charge is 2.03. The molecule has 3 rings (SSSR count). The Balaban J connectivity index is 1.92. The Morgan fingerprint density at radius 1 is 1.12 bits per heavy atom. The molecule has 0 aliphatic carbocycles. The van der Waals surface area contributed by atoms with Crippen molar-refractivity contribution in [1.82, 2.24) is 15.0 Å². The van der Waals surface area contributed by atoms with Crippen molar-refractivity contribution in [3.8, 4) is 0 Å². The Morgan fingerprint density at radius 2 is 2.00 bits per heavy atom. The van der Waals surface area contributed by atoms with E-state index in [9.17, 15) is 0 Å². The molecule has 17 heavy (non-hydrogen) atoms. The third-order valence-corrected chi connectivity index (χ3v) is 3.15. The minimum Gasteiger partial charge on any atom is -0.382 e. The van der Waals surface area contributed by atoms with Crippen molar-refractivity contribution in [2.45, 2.75) is 0 Å². The molecule has 2 aromatic heterocycles. The van der Waals surface area contributed by atoms with Crippen LogP contribution in [0.5, 0.6) is 0 Å². The zero-order valence-corrected chi connectivity index (χ0v) is 9.61. The Hall–Kier alpha value is -2.21. The summed E-state index contributed by atoms with van der Waals surface area (Å²) in [5.41, 5.74) is 6.44. The van der Waals surface area contributed by atoms with Crippen LogP contribution < -0.4 is 11.1 Å². The van der Waals surface area contributed by atoms with Crippen molar-refractivity contribution in [1.29, 1.82) is 0 Å². The molecular weight excluding hydrogens is 234 g/mol. The van der Waals surface area contributed by atoms with Crippen molar-refractivity contribution < 1.29 is 0 Å². The summed E-state index contributed by atoms with van der Waals surface area (Å²) in [6.45, 7) is 0. The second-order valence-electron chi connectivity index (χ2n) is 3.44. The molecule has 0 atom stereocenters. The molecule has 1 aromatic carbocycles. The predicted molar refractivity (Wildman–Crippen MR) is 69.3 cm³/mol. The van der Waals surface area contributed by atoms with Gasteiger partial charge in [-0.25, -0.2) is 15.0 Å². The van der Waals surface area contributed by atoms with Crippen LogP contribution in [0.3, 0.4) is 0 Å². The van der Waals surface area contributed by atoms with Crippen molar-refractivity contribution >= 4 is 38.3 Å². The zero-order valence-electron chi connectivity index (χ0n) is 8.79. The predicted octanol–water partition coefficient (Wildman–Crippen LogP) is 2.41. The molecular formula is C11H9N5S. The summed E-state index contributed by atoms with van der Waals surface area (Å²) in [7, 11) is 0. The fourth-order valence-electron chi connectivity index (χ4n) is 1.44. The number of nitrogens with zero attached hydrogens (tertiary/aromatic N) is 3. The van der Waals surface area contributed by atoms with Gasteiger partial charge in [-0.3, -0.25) is 0 Å². The molecule has 0 saturated carbocycles. The molecule has 0 spiro atoms. The number of para-hydroxylation sites is 1. The summed E-state index contributed by atoms with van der Waals surface area (Å²) in [4.78, 5) is 12.5. The van der Waals surface area contributed by atoms with Gasteiger partial charge in [-0.1, -0.05) is 23.5 Å². The lowest BCUT2D eigenvalue weighted by Gasteiger charge is -1.99. The van der Waals surface area contributed by atoms with E-state index >= 15 is 0 Å². The third kappa shape index (κ3) is 2.02. The highest BCUT2D eigenvalue weighted by Crippen LogP contribution is 2.27. The van der Waals surface area contributed by atoms with Gasteiger partial charge in [0.15, 0.2) is 10.9 Å². The largest absolute Gasteiger partial charge is 0.382 e. The lowest BCUT2D eigenvalue weighted by atomic mass is 10.3. The van der Waals surface area contributed by atoms with Gasteiger partial charge < -0.3 is 11.1 Å². The van der Waals surface area contributed by atoms with Gasteiger partial charge in [0.2, 0.25) is 0 Å². The summed E-state index contributed by atoms with van der Waals surface area (Å²) < 4.78 is 1.14. The third-order valence-electron chi connectivity index (χ3n) is 2.20. The Kier molecular flexibility index (Phi) is 2.34. The number of nitrogen functional groups attached to an aromatic ring is 1. The first-order chi connectivity index (χ1) is 8.31. The van der Waals surface area contributed by atoms with Gasteiger partial charge in [-0.2, -0.15) is 0 Å². The number of aromatic nitrogens is 3. The van der Waals surface area contributed by atoms with Crippen molar-refractivity contribution in [2.24, 2.45) is 0 Å². The molecule has 0 saturated heterocycles. The lowest BCUT2D eigenvalue weighted by molar-refractivity contribution is 1.20. The number of nitrogens with two attached hydrogens (primary N) is 1. The van der Waals surface area contributed by atoms with Gasteiger partial charge >= 0.3 is 0 Å². The molecule has 0 aliphatic rings. The van der Waals surface area contributed by atoms with Crippen LogP contribution in [0.25, 0.3) is 10.2 Å². The average Bonchev–Trinajstić information content (AvgIpc) is 2.74. The van der Waals surface area contributed by atoms with E-state index in [1.54, 1.807) is 17.5 Å². The molecule has 0 radical (unpaired) electrons. The van der Waals surface area contributed by atoms with Crippen molar-refractivity contribution in [2.75, 3.05) is 11.1 Å². The van der Waals surface area contributed by atoms with E-state index in [2.05, 4.69) is 20.3 Å². The fourth-order valence-corrected chi connectivity index (χ4v) is 2.31. The molecule has 2 heterocycles. The van der Waals surface area contributed by atoms with Crippen LogP contribution in [-0.4, -0.2) is 15.0 Å². The number of hydrogen-bond donors (Lipinski definition) is 2. The fraction of sp³-hybridized carbons (Fsp3) is 0. The summed E-state index contributed by atoms with van der Waals surface area (Å²) >= 11 is 1.58. The van der Waals surface area contributed by atoms with Crippen LogP contribution in [0.2, 0.25) is 0 Å². The molecule has 0 unspecified atom stereocenters. The second-order valence-corrected chi connectivity index (χ2v) is 4.47. The molecule has 5 nitrogen and oxygen atoms in total. The van der Waals surface area contributed by atoms with E-state index in [4.69, 9.17) is 5.73 Å². The topological polar surface area (TPSA) is 76.7 Å². The summed E-state index contributed by atoms with van der Waals surface area (Å²) in [6.07, 6.45) is 3.09. The van der Waals surface area contributed by atoms with Gasteiger partial charge in [0, 0.05) is 0 Å². The molecule has 0 aliphatic heterocycles. The Bertz CT molecular complexity index is 613. The van der Waals surface area contributed by atoms with Gasteiger partial charge in [0.05, 0.1) is 22.6 Å². The second kappa shape index (κ2) is 3.99. The summed E-state index contributed by atoms with van der Waals surface area (Å²) in [5.74, 6) is 1.04. The maximum absolute atomic E-state index is 5.47. The van der Waals surface area contributed by atoms with Crippen LogP contribution in [-0.2, 0) is 0 Å². The number of fused-ring (bicyclic) bond motifs is 1. The number of thiazole rings is 1. The highest BCUT2D eigenvalue weighted by atomic mass is 32.1. The maximum atomic E-state index is 5.47. The Morgan fingerprint density at radius 3 is 2.76 bits per heavy atom. The first kappa shape index (κ1) is 9.98. The summed E-state index contributed by atoms with van der Waals surface area (Å²) in [6, 6.07) is 7.97. The molecule has 3 aromatic rings. The normalized spacial score (nSPS) is 10.6. The number of benzene rings is 1. The van der Waals surface area contributed by atoms with Crippen molar-refractivity contribution in [3.63, 3.8) is 0 Å². The SMILES string of the molecule is Nc1cnc(Nc2nc3ccccc3s2)cn1. The number of nitrogens with one attached hydrogen (secondary N) is 1. The molecule has 0 fully saturated rings. The first-order valence-corrected chi connectivity index (χ1v) is 5.83.